The van der Waals surface area contributed by atoms with Crippen LogP contribution in [0.15, 0.2) is 6.33 Å². The summed E-state index contributed by atoms with van der Waals surface area (Å²) in [5, 5.41) is 4.25. The summed E-state index contributed by atoms with van der Waals surface area (Å²) in [6, 6.07) is 0.370. The van der Waals surface area contributed by atoms with E-state index < -0.39 is 0 Å². The largest absolute Gasteiger partial charge is 0.330 e. The van der Waals surface area contributed by atoms with Crippen LogP contribution in [0.25, 0.3) is 0 Å². The number of hydrogen-bond donors (Lipinski definition) is 1. The van der Waals surface area contributed by atoms with Crippen molar-refractivity contribution in [3.8, 4) is 0 Å². The average Bonchev–Trinajstić information content (AvgIpc) is 2.64. The van der Waals surface area contributed by atoms with Crippen LogP contribution < -0.4 is 5.73 Å². The predicted octanol–water partition coefficient (Wildman–Crippen LogP) is 2.02. The first-order valence-corrected chi connectivity index (χ1v) is 6.13. The van der Waals surface area contributed by atoms with Crippen molar-refractivity contribution in [3.63, 3.8) is 0 Å². The lowest BCUT2D eigenvalue weighted by Gasteiger charge is -2.17. The lowest BCUT2D eigenvalue weighted by Crippen LogP contribution is -2.21. The van der Waals surface area contributed by atoms with Crippen molar-refractivity contribution in [3.05, 3.63) is 12.2 Å². The summed E-state index contributed by atoms with van der Waals surface area (Å²) in [5.74, 6) is 2.26. The highest BCUT2D eigenvalue weighted by molar-refractivity contribution is 4.89. The fraction of sp³-hybridized carbons (Fsp3) is 0.833. The molecule has 1 atom stereocenters. The maximum atomic E-state index is 5.81. The molecule has 0 aliphatic carbocycles. The van der Waals surface area contributed by atoms with Gasteiger partial charge in [0.05, 0.1) is 0 Å². The van der Waals surface area contributed by atoms with Crippen LogP contribution in [-0.2, 0) is 6.42 Å². The maximum absolute atomic E-state index is 5.81. The molecule has 0 aliphatic heterocycles. The fourth-order valence-electron chi connectivity index (χ4n) is 2.04. The molecule has 1 heterocycles. The van der Waals surface area contributed by atoms with Gasteiger partial charge in [-0.15, -0.1) is 0 Å². The van der Waals surface area contributed by atoms with Crippen molar-refractivity contribution in [1.29, 1.82) is 0 Å². The highest BCUT2D eigenvalue weighted by Gasteiger charge is 2.15. The third kappa shape index (κ3) is 3.59. The second-order valence-corrected chi connectivity index (χ2v) is 5.15. The van der Waals surface area contributed by atoms with Gasteiger partial charge in [-0.1, -0.05) is 13.8 Å². The Labute approximate surface area is 98.2 Å². The van der Waals surface area contributed by atoms with Crippen LogP contribution in [-0.4, -0.2) is 21.3 Å². The van der Waals surface area contributed by atoms with Gasteiger partial charge >= 0.3 is 0 Å². The van der Waals surface area contributed by atoms with Crippen LogP contribution in [0.5, 0.6) is 0 Å². The second-order valence-electron chi connectivity index (χ2n) is 5.15. The molecule has 0 spiro atoms. The van der Waals surface area contributed by atoms with Gasteiger partial charge in [0.25, 0.3) is 0 Å². The molecule has 0 fully saturated rings. The Hall–Kier alpha value is -0.900. The zero-order chi connectivity index (χ0) is 12.1. The first-order valence-electron chi connectivity index (χ1n) is 6.13. The summed E-state index contributed by atoms with van der Waals surface area (Å²) >= 11 is 0. The van der Waals surface area contributed by atoms with Crippen molar-refractivity contribution in [2.45, 2.75) is 46.6 Å². The van der Waals surface area contributed by atoms with Gasteiger partial charge in [-0.05, 0) is 38.6 Å². The van der Waals surface area contributed by atoms with E-state index in [0.29, 0.717) is 17.9 Å². The lowest BCUT2D eigenvalue weighted by molar-refractivity contribution is 0.392. The van der Waals surface area contributed by atoms with Gasteiger partial charge in [0.15, 0.2) is 0 Å². The zero-order valence-electron chi connectivity index (χ0n) is 10.8. The molecule has 0 amide bonds. The summed E-state index contributed by atoms with van der Waals surface area (Å²) in [6.07, 6.45) is 3.73. The van der Waals surface area contributed by atoms with E-state index in [9.17, 15) is 0 Å². The minimum atomic E-state index is 0.370. The molecule has 1 unspecified atom stereocenters. The van der Waals surface area contributed by atoms with Crippen molar-refractivity contribution in [2.24, 2.45) is 17.6 Å². The van der Waals surface area contributed by atoms with Crippen molar-refractivity contribution < 1.29 is 0 Å². The molecule has 16 heavy (non-hydrogen) atoms. The minimum Gasteiger partial charge on any atom is -0.330 e. The van der Waals surface area contributed by atoms with Crippen LogP contribution >= 0.6 is 0 Å². The third-order valence-corrected chi connectivity index (χ3v) is 2.75. The molecule has 92 valence electrons. The Morgan fingerprint density at radius 2 is 2.00 bits per heavy atom. The number of nitrogens with zero attached hydrogens (tertiary/aromatic N) is 3. The summed E-state index contributed by atoms with van der Waals surface area (Å²) < 4.78 is 1.99. The molecule has 1 aromatic rings. The van der Waals surface area contributed by atoms with E-state index in [-0.39, 0.29) is 0 Å². The Morgan fingerprint density at radius 3 is 2.50 bits per heavy atom. The van der Waals surface area contributed by atoms with Crippen molar-refractivity contribution in [1.82, 2.24) is 14.8 Å². The molecule has 0 saturated carbocycles. The predicted molar refractivity (Wildman–Crippen MR) is 66.1 cm³/mol. The quantitative estimate of drug-likeness (QED) is 0.804. The van der Waals surface area contributed by atoms with E-state index in [0.717, 1.165) is 25.2 Å². The Kier molecular flexibility index (Phi) is 4.93. The molecule has 4 heteroatoms. The van der Waals surface area contributed by atoms with Gasteiger partial charge in [0.1, 0.15) is 12.2 Å². The molecule has 0 saturated heterocycles. The summed E-state index contributed by atoms with van der Waals surface area (Å²) in [7, 11) is 0. The fourth-order valence-corrected chi connectivity index (χ4v) is 2.04. The van der Waals surface area contributed by atoms with Crippen LogP contribution in [0.4, 0.5) is 0 Å². The van der Waals surface area contributed by atoms with Gasteiger partial charge < -0.3 is 5.73 Å². The molecule has 4 nitrogen and oxygen atoms in total. The van der Waals surface area contributed by atoms with Crippen LogP contribution in [0.2, 0.25) is 0 Å². The van der Waals surface area contributed by atoms with E-state index in [1.807, 2.05) is 4.68 Å². The van der Waals surface area contributed by atoms with Gasteiger partial charge in [-0.3, -0.25) is 0 Å². The van der Waals surface area contributed by atoms with Gasteiger partial charge in [0, 0.05) is 12.5 Å². The zero-order valence-corrected chi connectivity index (χ0v) is 10.8. The monoisotopic (exact) mass is 224 g/mol. The molecule has 1 aromatic heterocycles. The summed E-state index contributed by atoms with van der Waals surface area (Å²) in [5.41, 5.74) is 5.81. The van der Waals surface area contributed by atoms with E-state index >= 15 is 0 Å². The molecule has 1 rings (SSSR count). The average molecular weight is 224 g/mol. The third-order valence-electron chi connectivity index (χ3n) is 2.75. The van der Waals surface area contributed by atoms with E-state index in [1.54, 1.807) is 6.33 Å². The number of hydrogen-bond acceptors (Lipinski definition) is 3. The molecular formula is C12H24N4. The first-order chi connectivity index (χ1) is 7.54. The Morgan fingerprint density at radius 1 is 1.31 bits per heavy atom. The Balaban J connectivity index is 2.66. The van der Waals surface area contributed by atoms with Crippen molar-refractivity contribution in [2.75, 3.05) is 6.54 Å². The van der Waals surface area contributed by atoms with E-state index in [1.165, 1.54) is 0 Å². The standard InChI is InChI=1S/C12H24N4/c1-9(2)5-11(7-13)6-12-14-8-15-16(12)10(3)4/h8-11H,5-7,13H2,1-4H3. The highest BCUT2D eigenvalue weighted by Crippen LogP contribution is 2.16. The van der Waals surface area contributed by atoms with E-state index in [2.05, 4.69) is 37.8 Å². The maximum Gasteiger partial charge on any atom is 0.138 e. The van der Waals surface area contributed by atoms with Crippen molar-refractivity contribution >= 4 is 0 Å². The molecule has 0 radical (unpaired) electrons. The SMILES string of the molecule is CC(C)CC(CN)Cc1ncnn1C(C)C. The van der Waals surface area contributed by atoms with Gasteiger partial charge in [-0.25, -0.2) is 9.67 Å². The molecule has 0 aromatic carbocycles. The second kappa shape index (κ2) is 5.99. The summed E-state index contributed by atoms with van der Waals surface area (Å²) in [6.45, 7) is 9.44. The highest BCUT2D eigenvalue weighted by atomic mass is 15.3. The summed E-state index contributed by atoms with van der Waals surface area (Å²) in [4.78, 5) is 4.33. The lowest BCUT2D eigenvalue weighted by atomic mass is 9.94. The first kappa shape index (κ1) is 13.2. The topological polar surface area (TPSA) is 56.7 Å². The minimum absolute atomic E-state index is 0.370. The number of nitrogens with two attached hydrogens (primary N) is 1. The Bertz CT molecular complexity index is 304. The molecule has 2 N–H and O–H groups in total. The molecular weight excluding hydrogens is 200 g/mol. The van der Waals surface area contributed by atoms with Gasteiger partial charge in [0.2, 0.25) is 0 Å². The van der Waals surface area contributed by atoms with E-state index in [4.69, 9.17) is 5.73 Å². The number of rotatable bonds is 6. The van der Waals surface area contributed by atoms with Crippen LogP contribution in [0.3, 0.4) is 0 Å². The molecule has 0 aliphatic rings. The molecule has 0 bridgehead atoms. The van der Waals surface area contributed by atoms with Gasteiger partial charge in [-0.2, -0.15) is 5.10 Å². The van der Waals surface area contributed by atoms with Crippen LogP contribution in [0, 0.1) is 11.8 Å². The normalized spacial score (nSPS) is 13.7. The van der Waals surface area contributed by atoms with Crippen LogP contribution in [0.1, 0.15) is 46.0 Å². The smallest absolute Gasteiger partial charge is 0.138 e. The number of aromatic nitrogens is 3.